The van der Waals surface area contributed by atoms with Crippen LogP contribution >= 0.6 is 0 Å². The molecule has 76 valence electrons. The molecule has 0 aromatic carbocycles. The second-order valence-electron chi connectivity index (χ2n) is 3.25. The van der Waals surface area contributed by atoms with E-state index in [-0.39, 0.29) is 12.1 Å². The van der Waals surface area contributed by atoms with Gasteiger partial charge in [-0.1, -0.05) is 0 Å². The lowest BCUT2D eigenvalue weighted by molar-refractivity contribution is 0.0828. The second-order valence-corrected chi connectivity index (χ2v) is 3.25. The van der Waals surface area contributed by atoms with Gasteiger partial charge >= 0.3 is 6.03 Å². The Balaban J connectivity index is 2.50. The molecule has 1 rings (SSSR count). The number of hydrogen-bond donors (Lipinski definition) is 2. The van der Waals surface area contributed by atoms with Crippen LogP contribution in [0.2, 0.25) is 0 Å². The summed E-state index contributed by atoms with van der Waals surface area (Å²) < 4.78 is 5.04. The average molecular weight is 187 g/mol. The first kappa shape index (κ1) is 10.3. The van der Waals surface area contributed by atoms with Crippen LogP contribution in [0.25, 0.3) is 0 Å². The summed E-state index contributed by atoms with van der Waals surface area (Å²) in [7, 11) is 1.65. The number of hydrogen-bond acceptors (Lipinski definition) is 3. The van der Waals surface area contributed by atoms with Crippen molar-refractivity contribution in [3.05, 3.63) is 0 Å². The van der Waals surface area contributed by atoms with Crippen molar-refractivity contribution < 1.29 is 9.53 Å². The molecule has 0 aromatic heterocycles. The molecule has 1 fully saturated rings. The molecule has 0 aliphatic carbocycles. The summed E-state index contributed by atoms with van der Waals surface area (Å²) in [6, 6.07) is -0.0240. The van der Waals surface area contributed by atoms with Crippen molar-refractivity contribution in [2.75, 3.05) is 20.3 Å². The van der Waals surface area contributed by atoms with Crippen LogP contribution < -0.4 is 11.3 Å². The third-order valence-corrected chi connectivity index (χ3v) is 2.37. The molecule has 1 aliphatic heterocycles. The van der Waals surface area contributed by atoms with Crippen LogP contribution in [-0.4, -0.2) is 37.2 Å². The number of likely N-dealkylation sites (tertiary alicyclic amines) is 1. The maximum absolute atomic E-state index is 11.3. The summed E-state index contributed by atoms with van der Waals surface area (Å²) in [5, 5.41) is 0. The minimum Gasteiger partial charge on any atom is -0.383 e. The van der Waals surface area contributed by atoms with Crippen molar-refractivity contribution in [1.29, 1.82) is 0 Å². The standard InChI is InChI=1S/C8H17N3O2/c1-13-6-7-4-2-3-5-11(7)8(12)10-9/h7H,2-6,9H2,1H3,(H,10,12). The fourth-order valence-electron chi connectivity index (χ4n) is 1.72. The number of urea groups is 1. The van der Waals surface area contributed by atoms with Gasteiger partial charge in [-0.3, -0.25) is 5.43 Å². The summed E-state index contributed by atoms with van der Waals surface area (Å²) in [4.78, 5) is 13.0. The number of carbonyl (C=O) groups excluding carboxylic acids is 1. The number of ether oxygens (including phenoxy) is 1. The highest BCUT2D eigenvalue weighted by Crippen LogP contribution is 2.16. The number of methoxy groups -OCH3 is 1. The molecule has 1 heterocycles. The van der Waals surface area contributed by atoms with Gasteiger partial charge in [0.25, 0.3) is 0 Å². The van der Waals surface area contributed by atoms with Gasteiger partial charge in [-0.05, 0) is 19.3 Å². The molecular weight excluding hydrogens is 170 g/mol. The lowest BCUT2D eigenvalue weighted by Crippen LogP contribution is -2.52. The van der Waals surface area contributed by atoms with Crippen LogP contribution in [0.3, 0.4) is 0 Å². The van der Waals surface area contributed by atoms with E-state index in [1.165, 1.54) is 0 Å². The van der Waals surface area contributed by atoms with Gasteiger partial charge < -0.3 is 9.64 Å². The predicted octanol–water partition coefficient (Wildman–Crippen LogP) is 0.0706. The molecule has 13 heavy (non-hydrogen) atoms. The molecule has 3 N–H and O–H groups in total. The van der Waals surface area contributed by atoms with Gasteiger partial charge in [-0.2, -0.15) is 0 Å². The van der Waals surface area contributed by atoms with E-state index in [9.17, 15) is 4.79 Å². The molecule has 0 aromatic rings. The Morgan fingerprint density at radius 2 is 2.46 bits per heavy atom. The highest BCUT2D eigenvalue weighted by atomic mass is 16.5. The molecule has 5 nitrogen and oxygen atoms in total. The third kappa shape index (κ3) is 2.57. The highest BCUT2D eigenvalue weighted by molar-refractivity contribution is 5.73. The zero-order valence-electron chi connectivity index (χ0n) is 7.95. The Morgan fingerprint density at radius 1 is 1.69 bits per heavy atom. The van der Waals surface area contributed by atoms with E-state index in [1.54, 1.807) is 12.0 Å². The monoisotopic (exact) mass is 187 g/mol. The quantitative estimate of drug-likeness (QED) is 0.365. The van der Waals surface area contributed by atoms with Crippen molar-refractivity contribution in [2.45, 2.75) is 25.3 Å². The van der Waals surface area contributed by atoms with Crippen LogP contribution in [0.1, 0.15) is 19.3 Å². The fourth-order valence-corrected chi connectivity index (χ4v) is 1.72. The Labute approximate surface area is 78.2 Å². The number of nitrogens with two attached hydrogens (primary N) is 1. The first-order valence-corrected chi connectivity index (χ1v) is 4.55. The van der Waals surface area contributed by atoms with E-state index in [0.29, 0.717) is 6.61 Å². The largest absolute Gasteiger partial charge is 0.383 e. The summed E-state index contributed by atoms with van der Waals surface area (Å²) in [6.45, 7) is 1.37. The molecule has 1 unspecified atom stereocenters. The zero-order valence-corrected chi connectivity index (χ0v) is 7.95. The molecule has 1 saturated heterocycles. The number of hydrazine groups is 1. The lowest BCUT2D eigenvalue weighted by Gasteiger charge is -2.34. The van der Waals surface area contributed by atoms with E-state index < -0.39 is 0 Å². The topological polar surface area (TPSA) is 67.6 Å². The van der Waals surface area contributed by atoms with Crippen molar-refractivity contribution in [1.82, 2.24) is 10.3 Å². The number of nitrogens with one attached hydrogen (secondary N) is 1. The Bertz CT molecular complexity index is 173. The molecule has 5 heteroatoms. The van der Waals surface area contributed by atoms with Crippen molar-refractivity contribution >= 4 is 6.03 Å². The third-order valence-electron chi connectivity index (χ3n) is 2.37. The normalized spacial score (nSPS) is 22.9. The van der Waals surface area contributed by atoms with Crippen LogP contribution in [0, 0.1) is 0 Å². The van der Waals surface area contributed by atoms with Gasteiger partial charge in [0.15, 0.2) is 0 Å². The van der Waals surface area contributed by atoms with E-state index >= 15 is 0 Å². The van der Waals surface area contributed by atoms with Gasteiger partial charge in [0.05, 0.1) is 12.6 Å². The van der Waals surface area contributed by atoms with E-state index in [4.69, 9.17) is 10.6 Å². The number of nitrogens with zero attached hydrogens (tertiary/aromatic N) is 1. The summed E-state index contributed by atoms with van der Waals surface area (Å²) in [5.74, 6) is 5.08. The van der Waals surface area contributed by atoms with Crippen LogP contribution in [0.5, 0.6) is 0 Å². The van der Waals surface area contributed by atoms with E-state index in [1.807, 2.05) is 0 Å². The maximum Gasteiger partial charge on any atom is 0.331 e. The van der Waals surface area contributed by atoms with Gasteiger partial charge in [-0.15, -0.1) is 0 Å². The molecule has 0 radical (unpaired) electrons. The molecule has 1 atom stereocenters. The van der Waals surface area contributed by atoms with Crippen LogP contribution in [-0.2, 0) is 4.74 Å². The van der Waals surface area contributed by atoms with E-state index in [2.05, 4.69) is 5.43 Å². The number of rotatable bonds is 2. The molecule has 2 amide bonds. The fraction of sp³-hybridized carbons (Fsp3) is 0.875. The average Bonchev–Trinajstić information content (AvgIpc) is 2.18. The summed E-state index contributed by atoms with van der Waals surface area (Å²) >= 11 is 0. The van der Waals surface area contributed by atoms with Gasteiger partial charge in [0.2, 0.25) is 0 Å². The number of piperidine rings is 1. The van der Waals surface area contributed by atoms with Crippen LogP contribution in [0.4, 0.5) is 4.79 Å². The molecule has 0 saturated carbocycles. The Morgan fingerprint density at radius 3 is 3.08 bits per heavy atom. The molecular formula is C8H17N3O2. The number of carbonyl (C=O) groups is 1. The molecule has 0 spiro atoms. The van der Waals surface area contributed by atoms with Crippen molar-refractivity contribution in [2.24, 2.45) is 5.84 Å². The summed E-state index contributed by atoms with van der Waals surface area (Å²) in [5.41, 5.74) is 2.15. The van der Waals surface area contributed by atoms with Gasteiger partial charge in [0.1, 0.15) is 0 Å². The Hall–Kier alpha value is -0.810. The van der Waals surface area contributed by atoms with Crippen molar-refractivity contribution in [3.8, 4) is 0 Å². The second kappa shape index (κ2) is 5.04. The smallest absolute Gasteiger partial charge is 0.331 e. The first-order valence-electron chi connectivity index (χ1n) is 4.55. The zero-order chi connectivity index (χ0) is 9.68. The van der Waals surface area contributed by atoms with Crippen molar-refractivity contribution in [3.63, 3.8) is 0 Å². The molecule has 0 bridgehead atoms. The highest BCUT2D eigenvalue weighted by Gasteiger charge is 2.25. The lowest BCUT2D eigenvalue weighted by atomic mass is 10.0. The molecule has 1 aliphatic rings. The Kier molecular flexibility index (Phi) is 3.98. The van der Waals surface area contributed by atoms with Crippen LogP contribution in [0.15, 0.2) is 0 Å². The minimum atomic E-state index is -0.207. The van der Waals surface area contributed by atoms with Gasteiger partial charge in [0, 0.05) is 13.7 Å². The minimum absolute atomic E-state index is 0.183. The summed E-state index contributed by atoms with van der Waals surface area (Å²) in [6.07, 6.45) is 3.21. The number of amides is 2. The SMILES string of the molecule is COCC1CCCCN1C(=O)NN. The first-order chi connectivity index (χ1) is 6.29. The predicted molar refractivity (Wildman–Crippen MR) is 48.9 cm³/mol. The van der Waals surface area contributed by atoms with Gasteiger partial charge in [-0.25, -0.2) is 10.6 Å². The van der Waals surface area contributed by atoms with E-state index in [0.717, 1.165) is 25.8 Å². The maximum atomic E-state index is 11.3.